The summed E-state index contributed by atoms with van der Waals surface area (Å²) in [6.45, 7) is 5.53. The third-order valence-corrected chi connectivity index (χ3v) is 2.61. The third kappa shape index (κ3) is 4.38. The largest absolute Gasteiger partial charge is 0.464 e. The second-order valence-corrected chi connectivity index (χ2v) is 5.65. The van der Waals surface area contributed by atoms with E-state index in [2.05, 4.69) is 17.2 Å². The van der Waals surface area contributed by atoms with Gasteiger partial charge in [-0.1, -0.05) is 11.8 Å². The maximum Gasteiger partial charge on any atom is 0.408 e. The minimum atomic E-state index is -0.538. The van der Waals surface area contributed by atoms with Crippen LogP contribution in [-0.4, -0.2) is 18.2 Å². The van der Waals surface area contributed by atoms with E-state index in [4.69, 9.17) is 9.15 Å². The molecule has 1 aromatic heterocycles. The average molecular weight is 299 g/mol. The van der Waals surface area contributed by atoms with E-state index >= 15 is 0 Å². The number of rotatable bonds is 1. The predicted octanol–water partition coefficient (Wildman–Crippen LogP) is 2.67. The van der Waals surface area contributed by atoms with Crippen LogP contribution in [0.15, 0.2) is 39.7 Å². The molecule has 2 rings (SSSR count). The minimum Gasteiger partial charge on any atom is -0.464 e. The average Bonchev–Trinajstić information content (AvgIpc) is 2.42. The summed E-state index contributed by atoms with van der Waals surface area (Å²) in [7, 11) is 0. The van der Waals surface area contributed by atoms with E-state index in [9.17, 15) is 9.59 Å². The molecule has 0 saturated heterocycles. The zero-order valence-corrected chi connectivity index (χ0v) is 12.7. The van der Waals surface area contributed by atoms with Gasteiger partial charge in [-0.25, -0.2) is 4.79 Å². The Bertz CT molecular complexity index is 803. The molecule has 1 heterocycles. The van der Waals surface area contributed by atoms with Crippen molar-refractivity contribution in [1.82, 2.24) is 5.32 Å². The Morgan fingerprint density at radius 2 is 2.09 bits per heavy atom. The first-order valence-corrected chi connectivity index (χ1v) is 6.82. The monoisotopic (exact) mass is 299 g/mol. The Hall–Kier alpha value is -2.74. The van der Waals surface area contributed by atoms with Crippen molar-refractivity contribution < 1.29 is 13.9 Å². The number of alkyl carbamates (subject to hydrolysis) is 1. The number of ether oxygens (including phenoxy) is 1. The fraction of sp³-hybridized carbons (Fsp3) is 0.294. The van der Waals surface area contributed by atoms with Gasteiger partial charge in [-0.05, 0) is 39.0 Å². The van der Waals surface area contributed by atoms with Gasteiger partial charge >= 0.3 is 6.09 Å². The number of benzene rings is 1. The minimum absolute atomic E-state index is 0.114. The van der Waals surface area contributed by atoms with Crippen molar-refractivity contribution in [2.75, 3.05) is 6.54 Å². The molecule has 0 aliphatic rings. The fourth-order valence-corrected chi connectivity index (χ4v) is 1.74. The predicted molar refractivity (Wildman–Crippen MR) is 83.6 cm³/mol. The molecule has 0 radical (unpaired) electrons. The molecule has 5 heteroatoms. The second-order valence-electron chi connectivity index (χ2n) is 5.65. The van der Waals surface area contributed by atoms with Crippen LogP contribution in [0.3, 0.4) is 0 Å². The zero-order chi connectivity index (χ0) is 16.2. The van der Waals surface area contributed by atoms with E-state index in [-0.39, 0.29) is 12.0 Å². The van der Waals surface area contributed by atoms with Gasteiger partial charge in [-0.3, -0.25) is 4.79 Å². The summed E-state index contributed by atoms with van der Waals surface area (Å²) in [5.74, 6) is 5.69. The van der Waals surface area contributed by atoms with Crippen LogP contribution >= 0.6 is 0 Å². The van der Waals surface area contributed by atoms with E-state index in [0.29, 0.717) is 16.5 Å². The Labute approximate surface area is 128 Å². The number of hydrogen-bond acceptors (Lipinski definition) is 4. The van der Waals surface area contributed by atoms with Gasteiger partial charge in [0, 0.05) is 11.6 Å². The van der Waals surface area contributed by atoms with Gasteiger partial charge in [0.2, 0.25) is 0 Å². The summed E-state index contributed by atoms with van der Waals surface area (Å²) in [5.41, 5.74) is 0.544. The number of amides is 1. The van der Waals surface area contributed by atoms with E-state index in [0.717, 1.165) is 0 Å². The summed E-state index contributed by atoms with van der Waals surface area (Å²) in [5, 5.41) is 3.02. The lowest BCUT2D eigenvalue weighted by molar-refractivity contribution is 0.0535. The number of nitrogens with one attached hydrogen (secondary N) is 1. The topological polar surface area (TPSA) is 68.5 Å². The number of carbonyl (C=O) groups excluding carboxylic acids is 1. The van der Waals surface area contributed by atoms with Crippen LogP contribution in [0.1, 0.15) is 26.3 Å². The lowest BCUT2D eigenvalue weighted by Gasteiger charge is -2.18. The smallest absolute Gasteiger partial charge is 0.408 e. The van der Waals surface area contributed by atoms with Gasteiger partial charge in [0.25, 0.3) is 0 Å². The van der Waals surface area contributed by atoms with Crippen LogP contribution in [0.25, 0.3) is 11.0 Å². The third-order valence-electron chi connectivity index (χ3n) is 2.61. The lowest BCUT2D eigenvalue weighted by atomic mass is 10.1. The van der Waals surface area contributed by atoms with E-state index in [1.807, 2.05) is 0 Å². The van der Waals surface area contributed by atoms with Crippen molar-refractivity contribution in [3.05, 3.63) is 46.3 Å². The molecule has 5 nitrogen and oxygen atoms in total. The van der Waals surface area contributed by atoms with Gasteiger partial charge in [0.05, 0.1) is 18.2 Å². The second kappa shape index (κ2) is 6.35. The molecule has 114 valence electrons. The highest BCUT2D eigenvalue weighted by molar-refractivity contribution is 5.77. The van der Waals surface area contributed by atoms with E-state index < -0.39 is 11.7 Å². The standard InChI is InChI=1S/C17H17NO4/c1-17(2,3)22-16(20)18-9-4-5-12-6-7-15-13(11-12)14(19)8-10-21-15/h6-8,10-11H,9H2,1-3H3,(H,18,20). The van der Waals surface area contributed by atoms with Crippen LogP contribution in [0.4, 0.5) is 4.79 Å². The molecule has 1 amide bonds. The van der Waals surface area contributed by atoms with E-state index in [1.165, 1.54) is 12.3 Å². The molecule has 0 spiro atoms. The summed E-state index contributed by atoms with van der Waals surface area (Å²) in [6, 6.07) is 6.49. The Kier molecular flexibility index (Phi) is 4.52. The number of fused-ring (bicyclic) bond motifs is 1. The molecule has 0 atom stereocenters. The highest BCUT2D eigenvalue weighted by Crippen LogP contribution is 2.11. The zero-order valence-electron chi connectivity index (χ0n) is 12.7. The summed E-state index contributed by atoms with van der Waals surface area (Å²) in [4.78, 5) is 23.1. The highest BCUT2D eigenvalue weighted by Gasteiger charge is 2.14. The molecule has 0 fully saturated rings. The number of hydrogen-bond donors (Lipinski definition) is 1. The van der Waals surface area contributed by atoms with Gasteiger partial charge < -0.3 is 14.5 Å². The van der Waals surface area contributed by atoms with Gasteiger partial charge in [-0.15, -0.1) is 0 Å². The van der Waals surface area contributed by atoms with Gasteiger partial charge in [0.1, 0.15) is 11.2 Å². The van der Waals surface area contributed by atoms with Gasteiger partial charge in [0.15, 0.2) is 5.43 Å². The molecule has 0 unspecified atom stereocenters. The summed E-state index contributed by atoms with van der Waals surface area (Å²) in [6.07, 6.45) is 0.849. The maximum absolute atomic E-state index is 11.7. The molecular formula is C17H17NO4. The van der Waals surface area contributed by atoms with Gasteiger partial charge in [-0.2, -0.15) is 0 Å². The molecule has 1 aromatic carbocycles. The van der Waals surface area contributed by atoms with Crippen LogP contribution in [0.5, 0.6) is 0 Å². The van der Waals surface area contributed by atoms with Crippen molar-refractivity contribution >= 4 is 17.1 Å². The molecule has 2 aromatic rings. The van der Waals surface area contributed by atoms with Crippen molar-refractivity contribution in [1.29, 1.82) is 0 Å². The van der Waals surface area contributed by atoms with Crippen LogP contribution in [0.2, 0.25) is 0 Å². The molecule has 0 bridgehead atoms. The molecule has 0 aliphatic heterocycles. The summed E-state index contributed by atoms with van der Waals surface area (Å²) < 4.78 is 10.3. The van der Waals surface area contributed by atoms with Crippen molar-refractivity contribution in [2.45, 2.75) is 26.4 Å². The fourth-order valence-electron chi connectivity index (χ4n) is 1.74. The molecule has 0 aliphatic carbocycles. The van der Waals surface area contributed by atoms with E-state index in [1.54, 1.807) is 39.0 Å². The normalized spacial score (nSPS) is 10.7. The van der Waals surface area contributed by atoms with Crippen molar-refractivity contribution in [2.24, 2.45) is 0 Å². The lowest BCUT2D eigenvalue weighted by Crippen LogP contribution is -2.32. The van der Waals surface area contributed by atoms with Crippen molar-refractivity contribution in [3.8, 4) is 11.8 Å². The Balaban J connectivity index is 2.02. The first kappa shape index (κ1) is 15.6. The first-order valence-electron chi connectivity index (χ1n) is 6.82. The highest BCUT2D eigenvalue weighted by atomic mass is 16.6. The van der Waals surface area contributed by atoms with Crippen LogP contribution in [-0.2, 0) is 4.74 Å². The first-order chi connectivity index (χ1) is 10.3. The quantitative estimate of drug-likeness (QED) is 0.822. The SMILES string of the molecule is CC(C)(C)OC(=O)NCC#Cc1ccc2occc(=O)c2c1. The Morgan fingerprint density at radius 3 is 2.82 bits per heavy atom. The molecule has 22 heavy (non-hydrogen) atoms. The van der Waals surface area contributed by atoms with Crippen LogP contribution < -0.4 is 10.7 Å². The van der Waals surface area contributed by atoms with Crippen LogP contribution in [0, 0.1) is 11.8 Å². The molecule has 1 N–H and O–H groups in total. The summed E-state index contributed by atoms with van der Waals surface area (Å²) >= 11 is 0. The molecular weight excluding hydrogens is 282 g/mol. The number of carbonyl (C=O) groups is 1. The molecule has 0 saturated carbocycles. The van der Waals surface area contributed by atoms with Crippen molar-refractivity contribution in [3.63, 3.8) is 0 Å². The Morgan fingerprint density at radius 1 is 1.32 bits per heavy atom. The maximum atomic E-state index is 11.7.